The van der Waals surface area contributed by atoms with Crippen molar-refractivity contribution in [2.45, 2.75) is 32.7 Å². The number of morpholine rings is 1. The van der Waals surface area contributed by atoms with Crippen molar-refractivity contribution in [2.75, 3.05) is 57.9 Å². The molecule has 8 nitrogen and oxygen atoms in total. The summed E-state index contributed by atoms with van der Waals surface area (Å²) in [7, 11) is 1.66. The Kier molecular flexibility index (Phi) is 9.08. The van der Waals surface area contributed by atoms with Crippen molar-refractivity contribution in [3.63, 3.8) is 0 Å². The van der Waals surface area contributed by atoms with E-state index in [1.165, 1.54) is 0 Å². The summed E-state index contributed by atoms with van der Waals surface area (Å²) in [6.45, 7) is 9.87. The zero-order valence-corrected chi connectivity index (χ0v) is 21.6. The molecule has 2 heterocycles. The van der Waals surface area contributed by atoms with Crippen molar-refractivity contribution in [2.24, 2.45) is 0 Å². The van der Waals surface area contributed by atoms with E-state index in [1.54, 1.807) is 7.11 Å². The van der Waals surface area contributed by atoms with Crippen LogP contribution in [-0.2, 0) is 9.53 Å². The third kappa shape index (κ3) is 6.92. The Balaban J connectivity index is 1.62. The van der Waals surface area contributed by atoms with Crippen LogP contribution in [0.3, 0.4) is 0 Å². The van der Waals surface area contributed by atoms with E-state index in [-0.39, 0.29) is 11.9 Å². The predicted octanol–water partition coefficient (Wildman–Crippen LogP) is 3.75. The van der Waals surface area contributed by atoms with Crippen molar-refractivity contribution in [1.82, 2.24) is 20.2 Å². The summed E-state index contributed by atoms with van der Waals surface area (Å²) in [5.41, 5.74) is 1.81. The number of ether oxygens (including phenoxy) is 2. The predicted molar refractivity (Wildman–Crippen MR) is 144 cm³/mol. The molecule has 1 saturated heterocycles. The van der Waals surface area contributed by atoms with Gasteiger partial charge in [0.05, 0.1) is 25.8 Å². The van der Waals surface area contributed by atoms with E-state index in [0.717, 1.165) is 73.8 Å². The molecule has 0 atom stereocenters. The van der Waals surface area contributed by atoms with Crippen molar-refractivity contribution in [1.29, 1.82) is 0 Å². The molecule has 36 heavy (non-hydrogen) atoms. The van der Waals surface area contributed by atoms with Crippen LogP contribution in [0.25, 0.3) is 22.3 Å². The van der Waals surface area contributed by atoms with Gasteiger partial charge in [-0.25, -0.2) is 9.97 Å². The summed E-state index contributed by atoms with van der Waals surface area (Å²) in [5.74, 6) is 2.37. The smallest absolute Gasteiger partial charge is 0.221 e. The third-order valence-electron chi connectivity index (χ3n) is 6.30. The summed E-state index contributed by atoms with van der Waals surface area (Å²) in [6, 6.07) is 16.0. The van der Waals surface area contributed by atoms with Gasteiger partial charge in [0.1, 0.15) is 11.6 Å². The largest absolute Gasteiger partial charge is 0.497 e. The fourth-order valence-corrected chi connectivity index (χ4v) is 4.43. The molecular formula is C28H37N5O3. The summed E-state index contributed by atoms with van der Waals surface area (Å²) in [5, 5.41) is 4.00. The first-order valence-electron chi connectivity index (χ1n) is 12.8. The van der Waals surface area contributed by atoms with Crippen molar-refractivity contribution >= 4 is 22.6 Å². The monoisotopic (exact) mass is 491 g/mol. The van der Waals surface area contributed by atoms with Gasteiger partial charge < -0.3 is 19.7 Å². The number of carbonyl (C=O) groups excluding carboxylic acids is 1. The average molecular weight is 492 g/mol. The van der Waals surface area contributed by atoms with E-state index < -0.39 is 0 Å². The molecule has 4 rings (SSSR count). The first-order chi connectivity index (χ1) is 17.5. The number of fused-ring (bicyclic) bond motifs is 1. The Labute approximate surface area is 213 Å². The molecule has 1 aliphatic heterocycles. The van der Waals surface area contributed by atoms with Crippen LogP contribution in [0.5, 0.6) is 5.75 Å². The highest BCUT2D eigenvalue weighted by molar-refractivity contribution is 5.91. The topological polar surface area (TPSA) is 79.8 Å². The van der Waals surface area contributed by atoms with Gasteiger partial charge >= 0.3 is 0 Å². The van der Waals surface area contributed by atoms with Gasteiger partial charge in [-0.3, -0.25) is 9.69 Å². The second-order valence-electron chi connectivity index (χ2n) is 9.38. The molecule has 192 valence electrons. The molecule has 0 saturated carbocycles. The van der Waals surface area contributed by atoms with Crippen LogP contribution < -0.4 is 15.0 Å². The Hall–Kier alpha value is -3.23. The highest BCUT2D eigenvalue weighted by atomic mass is 16.5. The number of benzene rings is 2. The molecule has 0 radical (unpaired) electrons. The van der Waals surface area contributed by atoms with E-state index in [4.69, 9.17) is 19.4 Å². The Bertz CT molecular complexity index is 1130. The SMILES string of the molecule is COc1ccc(-c2nc(N(CCCN3CCOCC3)CCC(=O)NC(C)C)c3ccccc3n2)cc1. The maximum Gasteiger partial charge on any atom is 0.221 e. The molecular weight excluding hydrogens is 454 g/mol. The van der Waals surface area contributed by atoms with Crippen molar-refractivity contribution in [3.8, 4) is 17.1 Å². The van der Waals surface area contributed by atoms with Gasteiger partial charge in [0.2, 0.25) is 5.91 Å². The number of aromatic nitrogens is 2. The normalized spacial score (nSPS) is 14.2. The number of rotatable bonds is 11. The molecule has 2 aromatic carbocycles. The van der Waals surface area contributed by atoms with Crippen LogP contribution in [-0.4, -0.2) is 79.9 Å². The molecule has 0 aliphatic carbocycles. The third-order valence-corrected chi connectivity index (χ3v) is 6.30. The lowest BCUT2D eigenvalue weighted by atomic mass is 10.1. The molecule has 3 aromatic rings. The average Bonchev–Trinajstić information content (AvgIpc) is 2.90. The fraction of sp³-hybridized carbons (Fsp3) is 0.464. The first kappa shape index (κ1) is 25.9. The first-order valence-corrected chi connectivity index (χ1v) is 12.8. The van der Waals surface area contributed by atoms with Crippen molar-refractivity contribution in [3.05, 3.63) is 48.5 Å². The fourth-order valence-electron chi connectivity index (χ4n) is 4.43. The number of nitrogens with one attached hydrogen (secondary N) is 1. The van der Waals surface area contributed by atoms with Crippen LogP contribution in [0.4, 0.5) is 5.82 Å². The van der Waals surface area contributed by atoms with Gasteiger partial charge in [0.25, 0.3) is 0 Å². The van der Waals surface area contributed by atoms with E-state index in [2.05, 4.69) is 21.2 Å². The van der Waals surface area contributed by atoms with E-state index in [9.17, 15) is 4.79 Å². The Morgan fingerprint density at radius 3 is 2.56 bits per heavy atom. The maximum atomic E-state index is 12.5. The molecule has 1 aliphatic rings. The van der Waals surface area contributed by atoms with Gasteiger partial charge in [0, 0.05) is 56.1 Å². The number of nitrogens with zero attached hydrogens (tertiary/aromatic N) is 4. The molecule has 0 spiro atoms. The number of anilines is 1. The van der Waals surface area contributed by atoms with E-state index >= 15 is 0 Å². The molecule has 1 aromatic heterocycles. The van der Waals surface area contributed by atoms with Gasteiger partial charge in [0.15, 0.2) is 5.82 Å². The highest BCUT2D eigenvalue weighted by Crippen LogP contribution is 2.29. The molecule has 0 bridgehead atoms. The summed E-state index contributed by atoms with van der Waals surface area (Å²) in [4.78, 5) is 27.1. The van der Waals surface area contributed by atoms with Gasteiger partial charge in [-0.15, -0.1) is 0 Å². The quantitative estimate of drug-likeness (QED) is 0.438. The lowest BCUT2D eigenvalue weighted by Gasteiger charge is -2.29. The molecule has 8 heteroatoms. The zero-order chi connectivity index (χ0) is 25.3. The minimum atomic E-state index is 0.0527. The van der Waals surface area contributed by atoms with Crippen LogP contribution in [0.2, 0.25) is 0 Å². The highest BCUT2D eigenvalue weighted by Gasteiger charge is 2.18. The molecule has 0 unspecified atom stereocenters. The molecule has 1 fully saturated rings. The Morgan fingerprint density at radius 2 is 1.83 bits per heavy atom. The van der Waals surface area contributed by atoms with E-state index in [1.807, 2.05) is 56.3 Å². The lowest BCUT2D eigenvalue weighted by Crippen LogP contribution is -2.39. The van der Waals surface area contributed by atoms with E-state index in [0.29, 0.717) is 18.8 Å². The van der Waals surface area contributed by atoms with Crippen LogP contribution in [0.15, 0.2) is 48.5 Å². The van der Waals surface area contributed by atoms with Gasteiger partial charge in [-0.1, -0.05) is 12.1 Å². The molecule has 1 amide bonds. The zero-order valence-electron chi connectivity index (χ0n) is 21.6. The number of para-hydroxylation sites is 1. The van der Waals surface area contributed by atoms with Crippen LogP contribution >= 0.6 is 0 Å². The van der Waals surface area contributed by atoms with Crippen LogP contribution in [0.1, 0.15) is 26.7 Å². The molecule has 1 N–H and O–H groups in total. The standard InChI is InChI=1S/C28H37N5O3/c1-21(2)29-26(34)13-16-33(15-6-14-32-17-19-36-20-18-32)28-24-7-4-5-8-25(24)30-27(31-28)22-9-11-23(35-3)12-10-22/h4-5,7-12,21H,6,13-20H2,1-3H3,(H,29,34). The second-order valence-corrected chi connectivity index (χ2v) is 9.38. The maximum absolute atomic E-state index is 12.5. The summed E-state index contributed by atoms with van der Waals surface area (Å²) < 4.78 is 10.8. The van der Waals surface area contributed by atoms with Gasteiger partial charge in [-0.2, -0.15) is 0 Å². The van der Waals surface area contributed by atoms with Crippen molar-refractivity contribution < 1.29 is 14.3 Å². The number of carbonyl (C=O) groups is 1. The summed E-state index contributed by atoms with van der Waals surface area (Å²) in [6.07, 6.45) is 1.38. The number of methoxy groups -OCH3 is 1. The second kappa shape index (κ2) is 12.6. The number of hydrogen-bond acceptors (Lipinski definition) is 7. The number of amides is 1. The van der Waals surface area contributed by atoms with Crippen LogP contribution in [0, 0.1) is 0 Å². The van der Waals surface area contributed by atoms with Gasteiger partial charge in [-0.05, 0) is 56.7 Å². The Morgan fingerprint density at radius 1 is 1.08 bits per heavy atom. The summed E-state index contributed by atoms with van der Waals surface area (Å²) >= 11 is 0. The minimum absolute atomic E-state index is 0.0527. The minimum Gasteiger partial charge on any atom is -0.497 e. The number of hydrogen-bond donors (Lipinski definition) is 1. The lowest BCUT2D eigenvalue weighted by molar-refractivity contribution is -0.121.